The Morgan fingerprint density at radius 2 is 2.10 bits per heavy atom. The number of sulfonamides is 1. The number of thiophene rings is 1. The molecule has 0 spiro atoms. The number of thiocarbonyl (C=S) groups is 1. The zero-order chi connectivity index (χ0) is 15.8. The summed E-state index contributed by atoms with van der Waals surface area (Å²) in [5.41, 5.74) is 6.59. The van der Waals surface area contributed by atoms with Crippen molar-refractivity contribution >= 4 is 60.2 Å². The lowest BCUT2D eigenvalue weighted by molar-refractivity contribution is 0.603. The van der Waals surface area contributed by atoms with Crippen LogP contribution in [0.1, 0.15) is 11.1 Å². The van der Waals surface area contributed by atoms with E-state index in [1.807, 2.05) is 0 Å². The molecular weight excluding hydrogens is 399 g/mol. The molecule has 1 aromatic heterocycles. The summed E-state index contributed by atoms with van der Waals surface area (Å²) in [6.45, 7) is 1.79. The van der Waals surface area contributed by atoms with Crippen LogP contribution in [-0.2, 0) is 10.0 Å². The molecule has 3 N–H and O–H groups in total. The number of anilines is 1. The van der Waals surface area contributed by atoms with Gasteiger partial charge in [0.2, 0.25) is 0 Å². The van der Waals surface area contributed by atoms with Crippen LogP contribution in [0.2, 0.25) is 0 Å². The molecule has 0 radical (unpaired) electrons. The van der Waals surface area contributed by atoms with Crippen molar-refractivity contribution < 1.29 is 12.8 Å². The standard InChI is InChI=1S/C12H10BrFN2O2S3/c1-6-4-10(20-11(6)13)21(17,18)16-9-3-2-7(14)5-8(9)12(15)19/h2-5,16H,1H3,(H2,15,19). The second-order valence-corrected chi connectivity index (χ2v) is 8.90. The highest BCUT2D eigenvalue weighted by atomic mass is 79.9. The Morgan fingerprint density at radius 1 is 1.43 bits per heavy atom. The highest BCUT2D eigenvalue weighted by Gasteiger charge is 2.20. The number of benzene rings is 1. The van der Waals surface area contributed by atoms with Crippen molar-refractivity contribution in [1.82, 2.24) is 0 Å². The van der Waals surface area contributed by atoms with Gasteiger partial charge in [-0.05, 0) is 52.7 Å². The average Bonchev–Trinajstić information content (AvgIpc) is 2.72. The van der Waals surface area contributed by atoms with E-state index in [0.29, 0.717) is 0 Å². The van der Waals surface area contributed by atoms with E-state index in [2.05, 4.69) is 20.7 Å². The predicted octanol–water partition coefficient (Wildman–Crippen LogP) is 3.39. The second-order valence-electron chi connectivity index (χ2n) is 4.18. The molecule has 112 valence electrons. The first-order chi connectivity index (χ1) is 9.70. The van der Waals surface area contributed by atoms with Crippen molar-refractivity contribution in [2.45, 2.75) is 11.1 Å². The third-order valence-corrected chi connectivity index (χ3v) is 6.79. The van der Waals surface area contributed by atoms with Crippen LogP contribution < -0.4 is 10.5 Å². The van der Waals surface area contributed by atoms with Crippen molar-refractivity contribution in [1.29, 1.82) is 0 Å². The largest absolute Gasteiger partial charge is 0.389 e. The predicted molar refractivity (Wildman–Crippen MR) is 89.9 cm³/mol. The Bertz CT molecular complexity index is 798. The van der Waals surface area contributed by atoms with Crippen molar-refractivity contribution in [3.63, 3.8) is 0 Å². The smallest absolute Gasteiger partial charge is 0.271 e. The van der Waals surface area contributed by atoms with E-state index >= 15 is 0 Å². The maximum Gasteiger partial charge on any atom is 0.271 e. The van der Waals surface area contributed by atoms with Gasteiger partial charge < -0.3 is 5.73 Å². The summed E-state index contributed by atoms with van der Waals surface area (Å²) in [5, 5.41) is 0. The number of rotatable bonds is 4. The summed E-state index contributed by atoms with van der Waals surface area (Å²) in [6, 6.07) is 5.06. The number of hydrogen-bond acceptors (Lipinski definition) is 4. The lowest BCUT2D eigenvalue weighted by Gasteiger charge is -2.11. The molecule has 0 fully saturated rings. The van der Waals surface area contributed by atoms with Gasteiger partial charge in [-0.3, -0.25) is 4.72 Å². The topological polar surface area (TPSA) is 72.2 Å². The lowest BCUT2D eigenvalue weighted by Crippen LogP contribution is -2.17. The van der Waals surface area contributed by atoms with E-state index in [1.165, 1.54) is 6.07 Å². The van der Waals surface area contributed by atoms with Gasteiger partial charge in [0, 0.05) is 5.56 Å². The van der Waals surface area contributed by atoms with Gasteiger partial charge in [-0.25, -0.2) is 12.8 Å². The van der Waals surface area contributed by atoms with Crippen molar-refractivity contribution in [2.24, 2.45) is 5.73 Å². The summed E-state index contributed by atoms with van der Waals surface area (Å²) in [6.07, 6.45) is 0. The number of nitrogens with one attached hydrogen (secondary N) is 1. The SMILES string of the molecule is Cc1cc(S(=O)(=O)Nc2ccc(F)cc2C(N)=S)sc1Br. The maximum absolute atomic E-state index is 13.2. The summed E-state index contributed by atoms with van der Waals surface area (Å²) in [7, 11) is -3.78. The minimum atomic E-state index is -3.78. The fourth-order valence-corrected chi connectivity index (χ4v) is 5.04. The van der Waals surface area contributed by atoms with Crippen LogP contribution in [0.4, 0.5) is 10.1 Å². The molecule has 0 aliphatic heterocycles. The molecule has 21 heavy (non-hydrogen) atoms. The van der Waals surface area contributed by atoms with Gasteiger partial charge in [0.25, 0.3) is 10.0 Å². The van der Waals surface area contributed by atoms with Gasteiger partial charge in [0.1, 0.15) is 15.0 Å². The fraction of sp³-hybridized carbons (Fsp3) is 0.0833. The van der Waals surface area contributed by atoms with Crippen molar-refractivity contribution in [3.05, 3.63) is 45.0 Å². The molecule has 1 heterocycles. The number of halogens is 2. The Balaban J connectivity index is 2.44. The maximum atomic E-state index is 13.2. The van der Waals surface area contributed by atoms with Gasteiger partial charge in [-0.2, -0.15) is 0 Å². The van der Waals surface area contributed by atoms with Gasteiger partial charge in [0.05, 0.1) is 9.47 Å². The Labute approximate surface area is 139 Å². The molecule has 9 heteroatoms. The van der Waals surface area contributed by atoms with Crippen LogP contribution in [-0.4, -0.2) is 13.4 Å². The second kappa shape index (κ2) is 5.99. The number of aryl methyl sites for hydroxylation is 1. The molecule has 4 nitrogen and oxygen atoms in total. The van der Waals surface area contributed by atoms with E-state index in [4.69, 9.17) is 18.0 Å². The van der Waals surface area contributed by atoms with Crippen LogP contribution in [0.3, 0.4) is 0 Å². The van der Waals surface area contributed by atoms with Gasteiger partial charge >= 0.3 is 0 Å². The highest BCUT2D eigenvalue weighted by molar-refractivity contribution is 9.11. The molecule has 2 rings (SSSR count). The Morgan fingerprint density at radius 3 is 2.62 bits per heavy atom. The zero-order valence-corrected chi connectivity index (χ0v) is 14.7. The van der Waals surface area contributed by atoms with Crippen LogP contribution in [0.25, 0.3) is 0 Å². The normalized spacial score (nSPS) is 11.4. The van der Waals surface area contributed by atoms with Crippen molar-refractivity contribution in [3.8, 4) is 0 Å². The molecule has 1 aromatic carbocycles. The number of hydrogen-bond donors (Lipinski definition) is 2. The summed E-state index contributed by atoms with van der Waals surface area (Å²) < 4.78 is 41.1. The molecule has 0 saturated heterocycles. The lowest BCUT2D eigenvalue weighted by atomic mass is 10.2. The van der Waals surface area contributed by atoms with Crippen LogP contribution >= 0.6 is 39.5 Å². The zero-order valence-electron chi connectivity index (χ0n) is 10.7. The third kappa shape index (κ3) is 3.60. The van der Waals surface area contributed by atoms with Gasteiger partial charge in [-0.1, -0.05) is 12.2 Å². The summed E-state index contributed by atoms with van der Waals surface area (Å²) >= 11 is 9.17. The summed E-state index contributed by atoms with van der Waals surface area (Å²) in [5.74, 6) is -0.546. The van der Waals surface area contributed by atoms with Crippen LogP contribution in [0.5, 0.6) is 0 Å². The molecule has 0 atom stereocenters. The molecule has 0 aliphatic carbocycles. The van der Waals surface area contributed by atoms with E-state index in [-0.39, 0.29) is 20.4 Å². The van der Waals surface area contributed by atoms with E-state index in [1.54, 1.807) is 13.0 Å². The summed E-state index contributed by atoms with van der Waals surface area (Å²) in [4.78, 5) is -0.0873. The Kier molecular flexibility index (Phi) is 4.66. The molecule has 0 saturated carbocycles. The number of nitrogens with two attached hydrogens (primary N) is 1. The highest BCUT2D eigenvalue weighted by Crippen LogP contribution is 2.32. The first-order valence-corrected chi connectivity index (χ1v) is 9.09. The Hall–Kier alpha value is -1.03. The average molecular weight is 409 g/mol. The first kappa shape index (κ1) is 16.3. The van der Waals surface area contributed by atoms with Crippen LogP contribution in [0.15, 0.2) is 32.3 Å². The minimum absolute atomic E-state index is 0.0873. The van der Waals surface area contributed by atoms with E-state index < -0.39 is 15.8 Å². The molecule has 0 amide bonds. The molecule has 0 aliphatic rings. The molecular formula is C12H10BrFN2O2S3. The quantitative estimate of drug-likeness (QED) is 0.760. The minimum Gasteiger partial charge on any atom is -0.389 e. The van der Waals surface area contributed by atoms with Gasteiger partial charge in [-0.15, -0.1) is 11.3 Å². The molecule has 0 unspecified atom stereocenters. The van der Waals surface area contributed by atoms with Crippen molar-refractivity contribution in [2.75, 3.05) is 4.72 Å². The fourth-order valence-electron chi connectivity index (χ4n) is 1.57. The van der Waals surface area contributed by atoms with Crippen LogP contribution in [0, 0.1) is 12.7 Å². The molecule has 0 bridgehead atoms. The molecule has 2 aromatic rings. The third-order valence-electron chi connectivity index (χ3n) is 2.59. The van der Waals surface area contributed by atoms with E-state index in [0.717, 1.165) is 32.8 Å². The van der Waals surface area contributed by atoms with Gasteiger partial charge in [0.15, 0.2) is 0 Å². The first-order valence-electron chi connectivity index (χ1n) is 5.59. The van der Waals surface area contributed by atoms with E-state index in [9.17, 15) is 12.8 Å². The monoisotopic (exact) mass is 408 g/mol.